The van der Waals surface area contributed by atoms with Crippen LogP contribution in [0.5, 0.6) is 5.75 Å². The van der Waals surface area contributed by atoms with Crippen molar-refractivity contribution in [1.29, 1.82) is 0 Å². The number of aryl methyl sites for hydroxylation is 2. The molecule has 0 N–H and O–H groups in total. The summed E-state index contributed by atoms with van der Waals surface area (Å²) in [5.41, 5.74) is 0.532. The van der Waals surface area contributed by atoms with Crippen LogP contribution in [0.2, 0.25) is 4.34 Å². The number of ketones is 1. The summed E-state index contributed by atoms with van der Waals surface area (Å²) in [6.07, 6.45) is 3.06. The minimum Gasteiger partial charge on any atom is -0.497 e. The summed E-state index contributed by atoms with van der Waals surface area (Å²) in [6, 6.07) is 11.5. The van der Waals surface area contributed by atoms with E-state index < -0.39 is 27.0 Å². The molecule has 2 aromatic heterocycles. The molecule has 0 bridgehead atoms. The van der Waals surface area contributed by atoms with Crippen molar-refractivity contribution in [3.63, 3.8) is 0 Å². The van der Waals surface area contributed by atoms with Crippen LogP contribution >= 0.6 is 34.3 Å². The Morgan fingerprint density at radius 1 is 1.10 bits per heavy atom. The van der Waals surface area contributed by atoms with Crippen molar-refractivity contribution in [3.05, 3.63) is 66.8 Å². The number of sulfonamides is 1. The summed E-state index contributed by atoms with van der Waals surface area (Å²) in [4.78, 5) is 34.9. The van der Waals surface area contributed by atoms with Crippen molar-refractivity contribution in [2.45, 2.75) is 44.6 Å². The van der Waals surface area contributed by atoms with E-state index in [1.54, 1.807) is 14.0 Å². The maximum atomic E-state index is 14.0. The van der Waals surface area contributed by atoms with Crippen molar-refractivity contribution in [2.75, 3.05) is 33.5 Å². The van der Waals surface area contributed by atoms with Gasteiger partial charge in [-0.3, -0.25) is 9.59 Å². The molecule has 210 valence electrons. The van der Waals surface area contributed by atoms with Gasteiger partial charge in [0.25, 0.3) is 0 Å². The normalized spacial score (nSPS) is 14.4. The Morgan fingerprint density at radius 2 is 1.79 bits per heavy atom. The van der Waals surface area contributed by atoms with Crippen LogP contribution in [-0.2, 0) is 33.2 Å². The Bertz CT molecular complexity index is 1440. The second-order valence-corrected chi connectivity index (χ2v) is 15.1. The first-order valence-electron chi connectivity index (χ1n) is 12.5. The van der Waals surface area contributed by atoms with Crippen LogP contribution in [-0.4, -0.2) is 67.8 Å². The molecule has 1 aliphatic rings. The molecule has 0 saturated heterocycles. The number of ether oxygens (including phenoxy) is 1. The molecular formula is C27H32ClN3O5S3. The molecule has 8 nitrogen and oxygen atoms in total. The average molecular weight is 610 g/mol. The Morgan fingerprint density at radius 3 is 2.36 bits per heavy atom. The third kappa shape index (κ3) is 6.89. The molecule has 1 saturated carbocycles. The molecular weight excluding hydrogens is 578 g/mol. The van der Waals surface area contributed by atoms with E-state index in [1.165, 1.54) is 36.8 Å². The lowest BCUT2D eigenvalue weighted by molar-refractivity contribution is -0.134. The second kappa shape index (κ2) is 12.1. The predicted molar refractivity (Wildman–Crippen MR) is 156 cm³/mol. The molecule has 0 unspecified atom stereocenters. The number of amides is 1. The summed E-state index contributed by atoms with van der Waals surface area (Å²) >= 11 is 8.94. The number of hydrogen-bond acceptors (Lipinski definition) is 8. The highest BCUT2D eigenvalue weighted by molar-refractivity contribution is 7.89. The van der Waals surface area contributed by atoms with Crippen LogP contribution in [0.3, 0.4) is 0 Å². The summed E-state index contributed by atoms with van der Waals surface area (Å²) < 4.78 is 31.5. The lowest BCUT2D eigenvalue weighted by Gasteiger charge is -2.27. The molecule has 1 aromatic carbocycles. The number of carbonyl (C=O) groups is 2. The highest BCUT2D eigenvalue weighted by atomic mass is 35.5. The standard InChI is InChI=1S/C27H32ClN3O5S3/c1-18-25(22(32)17-39(34,35)30(2)3)29-24(37-18)16-31(15-5-6-21-11-12-23(28)38-21)26(33)27(13-14-27)19-7-9-20(36-4)10-8-19/h7-12H,5-6,13-17H2,1-4H3. The van der Waals surface area contributed by atoms with Crippen LogP contribution in [0, 0.1) is 6.92 Å². The van der Waals surface area contributed by atoms with Gasteiger partial charge in [-0.05, 0) is 62.4 Å². The molecule has 3 aromatic rings. The minimum atomic E-state index is -3.71. The number of thiazole rings is 1. The van der Waals surface area contributed by atoms with E-state index in [2.05, 4.69) is 4.98 Å². The molecule has 0 spiro atoms. The summed E-state index contributed by atoms with van der Waals surface area (Å²) in [5, 5.41) is 0.608. The Hall–Kier alpha value is -2.31. The first kappa shape index (κ1) is 29.7. The largest absolute Gasteiger partial charge is 0.497 e. The number of methoxy groups -OCH3 is 1. The van der Waals surface area contributed by atoms with Crippen LogP contribution < -0.4 is 4.74 Å². The van der Waals surface area contributed by atoms with Gasteiger partial charge in [0, 0.05) is 30.4 Å². The maximum Gasteiger partial charge on any atom is 0.233 e. The lowest BCUT2D eigenvalue weighted by Crippen LogP contribution is -2.39. The third-order valence-electron chi connectivity index (χ3n) is 6.87. The zero-order valence-electron chi connectivity index (χ0n) is 22.4. The van der Waals surface area contributed by atoms with Gasteiger partial charge in [-0.15, -0.1) is 22.7 Å². The number of rotatable bonds is 13. The quantitative estimate of drug-likeness (QED) is 0.255. The number of Topliss-reactive ketones (excluding diaryl/α,β-unsaturated/α-hetero) is 1. The molecule has 4 rings (SSSR count). The van der Waals surface area contributed by atoms with E-state index in [-0.39, 0.29) is 18.1 Å². The Balaban J connectivity index is 1.55. The smallest absolute Gasteiger partial charge is 0.233 e. The summed E-state index contributed by atoms with van der Waals surface area (Å²) in [6.45, 7) is 2.52. The summed E-state index contributed by atoms with van der Waals surface area (Å²) in [5.74, 6) is -0.419. The number of nitrogens with zero attached hydrogens (tertiary/aromatic N) is 3. The molecule has 12 heteroatoms. The minimum absolute atomic E-state index is 0.0350. The van der Waals surface area contributed by atoms with Gasteiger partial charge in [0.05, 0.1) is 23.4 Å². The van der Waals surface area contributed by atoms with E-state index in [0.29, 0.717) is 16.4 Å². The van der Waals surface area contributed by atoms with Gasteiger partial charge in [0.1, 0.15) is 22.2 Å². The molecule has 0 radical (unpaired) electrons. The lowest BCUT2D eigenvalue weighted by atomic mass is 9.94. The highest BCUT2D eigenvalue weighted by Gasteiger charge is 2.53. The van der Waals surface area contributed by atoms with E-state index in [1.807, 2.05) is 41.3 Å². The Kier molecular flexibility index (Phi) is 9.17. The predicted octanol–water partition coefficient (Wildman–Crippen LogP) is 4.94. The summed E-state index contributed by atoms with van der Waals surface area (Å²) in [7, 11) is 0.695. The number of aromatic nitrogens is 1. The van der Waals surface area contributed by atoms with Gasteiger partial charge in [-0.25, -0.2) is 17.7 Å². The molecule has 1 amide bonds. The highest BCUT2D eigenvalue weighted by Crippen LogP contribution is 2.50. The Labute approximate surface area is 242 Å². The average Bonchev–Trinajstić information content (AvgIpc) is 3.47. The van der Waals surface area contributed by atoms with Gasteiger partial charge < -0.3 is 9.64 Å². The van der Waals surface area contributed by atoms with E-state index in [4.69, 9.17) is 16.3 Å². The zero-order valence-corrected chi connectivity index (χ0v) is 25.6. The monoisotopic (exact) mass is 609 g/mol. The van der Waals surface area contributed by atoms with Crippen molar-refractivity contribution in [3.8, 4) is 5.75 Å². The van der Waals surface area contributed by atoms with Gasteiger partial charge in [-0.2, -0.15) is 0 Å². The molecule has 2 heterocycles. The number of benzene rings is 1. The third-order valence-corrected chi connectivity index (χ3v) is 10.9. The number of hydrogen-bond donors (Lipinski definition) is 0. The second-order valence-electron chi connectivity index (χ2n) is 9.82. The van der Waals surface area contributed by atoms with Gasteiger partial charge in [-0.1, -0.05) is 23.7 Å². The van der Waals surface area contributed by atoms with Gasteiger partial charge >= 0.3 is 0 Å². The van der Waals surface area contributed by atoms with E-state index in [0.717, 1.165) is 50.5 Å². The first-order valence-corrected chi connectivity index (χ1v) is 16.1. The fraction of sp³-hybridized carbons (Fsp3) is 0.444. The van der Waals surface area contributed by atoms with Crippen LogP contribution in [0.1, 0.15) is 50.1 Å². The van der Waals surface area contributed by atoms with Crippen molar-refractivity contribution in [2.24, 2.45) is 0 Å². The SMILES string of the molecule is COc1ccc(C2(C(=O)N(CCCc3ccc(Cl)s3)Cc3nc(C(=O)CS(=O)(=O)N(C)C)c(C)s3)CC2)cc1. The molecule has 0 atom stereocenters. The molecule has 39 heavy (non-hydrogen) atoms. The van der Waals surface area contributed by atoms with Crippen LogP contribution in [0.25, 0.3) is 0 Å². The first-order chi connectivity index (χ1) is 18.4. The van der Waals surface area contributed by atoms with Crippen LogP contribution in [0.4, 0.5) is 0 Å². The molecule has 0 aliphatic heterocycles. The van der Waals surface area contributed by atoms with Crippen molar-refractivity contribution >= 4 is 56.0 Å². The van der Waals surface area contributed by atoms with E-state index in [9.17, 15) is 18.0 Å². The number of halogens is 1. The molecule has 1 fully saturated rings. The molecule has 1 aliphatic carbocycles. The van der Waals surface area contributed by atoms with Gasteiger partial charge in [0.15, 0.2) is 5.78 Å². The van der Waals surface area contributed by atoms with Gasteiger partial charge in [0.2, 0.25) is 15.9 Å². The number of carbonyl (C=O) groups excluding carboxylic acids is 2. The maximum absolute atomic E-state index is 14.0. The fourth-order valence-electron chi connectivity index (χ4n) is 4.45. The fourth-order valence-corrected chi connectivity index (χ4v) is 7.27. The van der Waals surface area contributed by atoms with E-state index >= 15 is 0 Å². The van der Waals surface area contributed by atoms with Crippen molar-refractivity contribution in [1.82, 2.24) is 14.2 Å². The van der Waals surface area contributed by atoms with Crippen molar-refractivity contribution < 1.29 is 22.7 Å². The number of thiophene rings is 1. The topological polar surface area (TPSA) is 96.9 Å². The van der Waals surface area contributed by atoms with Crippen LogP contribution in [0.15, 0.2) is 36.4 Å². The zero-order chi connectivity index (χ0) is 28.4.